The molecule has 2 rings (SSSR count). The van der Waals surface area contributed by atoms with Gasteiger partial charge in [0.25, 0.3) is 0 Å². The highest BCUT2D eigenvalue weighted by Crippen LogP contribution is 2.30. The maximum Gasteiger partial charge on any atom is 0.200 e. The third-order valence-electron chi connectivity index (χ3n) is 2.71. The maximum absolute atomic E-state index is 5.85. The molecule has 0 radical (unpaired) electrons. The fourth-order valence-corrected chi connectivity index (χ4v) is 2.17. The highest BCUT2D eigenvalue weighted by molar-refractivity contribution is 4.78. The van der Waals surface area contributed by atoms with Gasteiger partial charge in [-0.25, -0.2) is 0 Å². The molecule has 1 aliphatic carbocycles. The Balaban J connectivity index is 2.03. The summed E-state index contributed by atoms with van der Waals surface area (Å²) >= 11 is 0. The zero-order valence-electron chi connectivity index (χ0n) is 6.60. The molecule has 1 atom stereocenters. The second-order valence-corrected chi connectivity index (χ2v) is 3.64. The lowest BCUT2D eigenvalue weighted by atomic mass is 10.2. The molecule has 0 amide bonds. The summed E-state index contributed by atoms with van der Waals surface area (Å²) in [7, 11) is 0. The van der Waals surface area contributed by atoms with Crippen LogP contribution in [0, 0.1) is 0 Å². The summed E-state index contributed by atoms with van der Waals surface area (Å²) < 4.78 is 5.85. The molecule has 0 bridgehead atoms. The van der Waals surface area contributed by atoms with Crippen LogP contribution in [0.15, 0.2) is 0 Å². The Morgan fingerprint density at radius 3 is 2.60 bits per heavy atom. The standard InChI is InChI=1S/C8H15NO/c1-7-6-9-8(10-7)4-2-3-5-8/h7,9H,2-6H2,1H3/p+1/t7-/m1/s1. The van der Waals surface area contributed by atoms with Gasteiger partial charge >= 0.3 is 0 Å². The first kappa shape index (κ1) is 6.62. The Bertz CT molecular complexity index is 129. The average Bonchev–Trinajstić information content (AvgIpc) is 2.46. The van der Waals surface area contributed by atoms with Gasteiger partial charge in [0.1, 0.15) is 12.6 Å². The molecule has 1 heterocycles. The second-order valence-electron chi connectivity index (χ2n) is 3.64. The van der Waals surface area contributed by atoms with E-state index in [2.05, 4.69) is 12.2 Å². The zero-order chi connectivity index (χ0) is 7.03. The van der Waals surface area contributed by atoms with Gasteiger partial charge in [-0.15, -0.1) is 0 Å². The molecule has 1 aliphatic heterocycles. The van der Waals surface area contributed by atoms with E-state index in [1.54, 1.807) is 0 Å². The molecule has 2 aliphatic rings. The minimum atomic E-state index is 0.236. The van der Waals surface area contributed by atoms with Crippen molar-refractivity contribution in [1.82, 2.24) is 0 Å². The molecule has 2 fully saturated rings. The summed E-state index contributed by atoms with van der Waals surface area (Å²) in [6, 6.07) is 0. The van der Waals surface area contributed by atoms with Crippen LogP contribution >= 0.6 is 0 Å². The SMILES string of the molecule is C[C@@H]1C[NH2+]C2(CCCC2)O1. The van der Waals surface area contributed by atoms with Crippen molar-refractivity contribution < 1.29 is 10.1 Å². The number of rotatable bonds is 0. The Hall–Kier alpha value is -0.0800. The highest BCUT2D eigenvalue weighted by Gasteiger charge is 2.44. The Labute approximate surface area is 61.9 Å². The number of hydrogen-bond acceptors (Lipinski definition) is 1. The molecule has 2 heteroatoms. The molecule has 2 nitrogen and oxygen atoms in total. The van der Waals surface area contributed by atoms with E-state index in [1.165, 1.54) is 32.2 Å². The van der Waals surface area contributed by atoms with Crippen molar-refractivity contribution in [2.45, 2.75) is 44.4 Å². The Morgan fingerprint density at radius 2 is 2.10 bits per heavy atom. The number of quaternary nitrogens is 1. The van der Waals surface area contributed by atoms with Gasteiger partial charge < -0.3 is 10.1 Å². The van der Waals surface area contributed by atoms with Gasteiger partial charge in [0.15, 0.2) is 0 Å². The molecular formula is C8H16NO+. The lowest BCUT2D eigenvalue weighted by Gasteiger charge is -2.17. The van der Waals surface area contributed by atoms with E-state index in [1.807, 2.05) is 0 Å². The monoisotopic (exact) mass is 142 g/mol. The van der Waals surface area contributed by atoms with Gasteiger partial charge in [0.2, 0.25) is 5.72 Å². The third-order valence-corrected chi connectivity index (χ3v) is 2.71. The number of hydrogen-bond donors (Lipinski definition) is 1. The van der Waals surface area contributed by atoms with Crippen molar-refractivity contribution in [3.8, 4) is 0 Å². The second kappa shape index (κ2) is 2.21. The van der Waals surface area contributed by atoms with E-state index in [-0.39, 0.29) is 5.72 Å². The molecule has 0 aromatic rings. The first-order chi connectivity index (χ1) is 4.81. The van der Waals surface area contributed by atoms with Gasteiger partial charge in [-0.3, -0.25) is 0 Å². The van der Waals surface area contributed by atoms with Gasteiger partial charge in [-0.2, -0.15) is 0 Å². The summed E-state index contributed by atoms with van der Waals surface area (Å²) in [6.45, 7) is 3.34. The van der Waals surface area contributed by atoms with Crippen LogP contribution in [0.25, 0.3) is 0 Å². The van der Waals surface area contributed by atoms with E-state index in [4.69, 9.17) is 4.74 Å². The summed E-state index contributed by atoms with van der Waals surface area (Å²) in [5.41, 5.74) is 0.236. The fourth-order valence-electron chi connectivity index (χ4n) is 2.17. The van der Waals surface area contributed by atoms with Crippen LogP contribution in [-0.4, -0.2) is 18.4 Å². The summed E-state index contributed by atoms with van der Waals surface area (Å²) in [4.78, 5) is 0. The van der Waals surface area contributed by atoms with E-state index in [0.29, 0.717) is 6.10 Å². The van der Waals surface area contributed by atoms with Crippen molar-refractivity contribution >= 4 is 0 Å². The van der Waals surface area contributed by atoms with Crippen molar-refractivity contribution in [3.63, 3.8) is 0 Å². The molecule has 2 N–H and O–H groups in total. The molecule has 1 saturated carbocycles. The van der Waals surface area contributed by atoms with Crippen molar-refractivity contribution in [1.29, 1.82) is 0 Å². The van der Waals surface area contributed by atoms with Gasteiger partial charge in [0, 0.05) is 12.8 Å². The molecule has 0 unspecified atom stereocenters. The van der Waals surface area contributed by atoms with Crippen molar-refractivity contribution in [2.24, 2.45) is 0 Å². The van der Waals surface area contributed by atoms with Crippen molar-refractivity contribution in [2.75, 3.05) is 6.54 Å². The van der Waals surface area contributed by atoms with Crippen LogP contribution in [-0.2, 0) is 4.74 Å². The van der Waals surface area contributed by atoms with Crippen LogP contribution in [0.5, 0.6) is 0 Å². The predicted octanol–water partition coefficient (Wildman–Crippen LogP) is 0.239. The average molecular weight is 142 g/mol. The minimum Gasteiger partial charge on any atom is -0.318 e. The lowest BCUT2D eigenvalue weighted by molar-refractivity contribution is -0.732. The molecule has 10 heavy (non-hydrogen) atoms. The molecule has 0 aromatic heterocycles. The van der Waals surface area contributed by atoms with E-state index >= 15 is 0 Å². The quantitative estimate of drug-likeness (QED) is 0.515. The molecular weight excluding hydrogens is 126 g/mol. The van der Waals surface area contributed by atoms with Crippen LogP contribution in [0.2, 0.25) is 0 Å². The first-order valence-electron chi connectivity index (χ1n) is 4.33. The van der Waals surface area contributed by atoms with Gasteiger partial charge in [-0.1, -0.05) is 0 Å². The smallest absolute Gasteiger partial charge is 0.200 e. The normalized spacial score (nSPS) is 37.5. The molecule has 1 spiro atoms. The fraction of sp³-hybridized carbons (Fsp3) is 1.00. The van der Waals surface area contributed by atoms with E-state index < -0.39 is 0 Å². The lowest BCUT2D eigenvalue weighted by Crippen LogP contribution is -2.93. The third kappa shape index (κ3) is 0.956. The molecule has 1 saturated heterocycles. The number of ether oxygens (including phenoxy) is 1. The largest absolute Gasteiger partial charge is 0.318 e. The predicted molar refractivity (Wildman–Crippen MR) is 38.5 cm³/mol. The topological polar surface area (TPSA) is 25.8 Å². The van der Waals surface area contributed by atoms with Gasteiger partial charge in [-0.05, 0) is 19.8 Å². The maximum atomic E-state index is 5.85. The Kier molecular flexibility index (Phi) is 1.46. The highest BCUT2D eigenvalue weighted by atomic mass is 16.5. The van der Waals surface area contributed by atoms with Crippen LogP contribution in [0.1, 0.15) is 32.6 Å². The van der Waals surface area contributed by atoms with Gasteiger partial charge in [0.05, 0.1) is 0 Å². The van der Waals surface area contributed by atoms with Crippen molar-refractivity contribution in [3.05, 3.63) is 0 Å². The van der Waals surface area contributed by atoms with E-state index in [9.17, 15) is 0 Å². The van der Waals surface area contributed by atoms with E-state index in [0.717, 1.165) is 0 Å². The molecule has 58 valence electrons. The van der Waals surface area contributed by atoms with Crippen LogP contribution < -0.4 is 5.32 Å². The van der Waals surface area contributed by atoms with Crippen LogP contribution in [0.4, 0.5) is 0 Å². The minimum absolute atomic E-state index is 0.236. The summed E-state index contributed by atoms with van der Waals surface area (Å²) in [5, 5.41) is 2.39. The first-order valence-corrected chi connectivity index (χ1v) is 4.33. The van der Waals surface area contributed by atoms with Crippen LogP contribution in [0.3, 0.4) is 0 Å². The summed E-state index contributed by atoms with van der Waals surface area (Å²) in [5.74, 6) is 0. The zero-order valence-corrected chi connectivity index (χ0v) is 6.60. The summed E-state index contributed by atoms with van der Waals surface area (Å²) in [6.07, 6.45) is 5.76. The molecule has 0 aromatic carbocycles. The number of nitrogens with two attached hydrogens (primary N) is 1. The Morgan fingerprint density at radius 1 is 1.40 bits per heavy atom.